The Bertz CT molecular complexity index is 674. The number of carbonyl (C=O) groups excluding carboxylic acids is 1. The number of esters is 1. The zero-order valence-electron chi connectivity index (χ0n) is 11.4. The van der Waals surface area contributed by atoms with E-state index >= 15 is 0 Å². The first-order valence-electron chi connectivity index (χ1n) is 6.19. The van der Waals surface area contributed by atoms with Crippen LogP contribution in [0.3, 0.4) is 0 Å². The zero-order valence-corrected chi connectivity index (χ0v) is 12.1. The van der Waals surface area contributed by atoms with Crippen molar-refractivity contribution < 1.29 is 14.6 Å². The van der Waals surface area contributed by atoms with Gasteiger partial charge in [0.05, 0.1) is 36.3 Å². The molecule has 0 aliphatic heterocycles. The summed E-state index contributed by atoms with van der Waals surface area (Å²) in [6.45, 7) is -0.0882. The molecule has 0 radical (unpaired) electrons. The minimum Gasteiger partial charge on any atom is -0.465 e. The van der Waals surface area contributed by atoms with E-state index in [1.165, 1.54) is 7.11 Å². The van der Waals surface area contributed by atoms with E-state index < -0.39 is 5.97 Å². The smallest absolute Gasteiger partial charge is 0.339 e. The van der Waals surface area contributed by atoms with Crippen molar-refractivity contribution in [2.24, 2.45) is 0 Å². The number of hydrogen-bond acceptors (Lipinski definition) is 5. The van der Waals surface area contributed by atoms with E-state index in [-0.39, 0.29) is 6.61 Å². The van der Waals surface area contributed by atoms with Gasteiger partial charge in [0.1, 0.15) is 0 Å². The van der Waals surface area contributed by atoms with Gasteiger partial charge >= 0.3 is 5.97 Å². The highest BCUT2D eigenvalue weighted by atomic mass is 35.5. The molecule has 2 aromatic carbocycles. The van der Waals surface area contributed by atoms with Gasteiger partial charge in [0.15, 0.2) is 0 Å². The van der Waals surface area contributed by atoms with E-state index in [1.807, 2.05) is 0 Å². The highest BCUT2D eigenvalue weighted by molar-refractivity contribution is 6.31. The van der Waals surface area contributed by atoms with Crippen LogP contribution >= 0.6 is 11.6 Å². The molecule has 0 fully saturated rings. The van der Waals surface area contributed by atoms with Crippen molar-refractivity contribution in [1.29, 1.82) is 0 Å². The molecule has 0 aromatic heterocycles. The molecular formula is C15H15ClN2O3. The van der Waals surface area contributed by atoms with Gasteiger partial charge in [0.25, 0.3) is 0 Å². The lowest BCUT2D eigenvalue weighted by Gasteiger charge is -2.13. The van der Waals surface area contributed by atoms with Crippen molar-refractivity contribution >= 4 is 34.6 Å². The number of nitrogen functional groups attached to an aromatic ring is 1. The molecule has 2 aromatic rings. The molecule has 0 amide bonds. The van der Waals surface area contributed by atoms with Crippen LogP contribution in [-0.2, 0) is 11.3 Å². The first-order chi connectivity index (χ1) is 10.0. The predicted molar refractivity (Wildman–Crippen MR) is 82.9 cm³/mol. The topological polar surface area (TPSA) is 84.6 Å². The second kappa shape index (κ2) is 6.47. The Labute approximate surface area is 127 Å². The summed E-state index contributed by atoms with van der Waals surface area (Å²) < 4.78 is 4.73. The van der Waals surface area contributed by atoms with Gasteiger partial charge in [-0.15, -0.1) is 0 Å². The summed E-state index contributed by atoms with van der Waals surface area (Å²) in [5, 5.41) is 12.6. The number of hydrogen-bond donors (Lipinski definition) is 3. The summed E-state index contributed by atoms with van der Waals surface area (Å²) in [7, 11) is 1.31. The number of halogens is 1. The van der Waals surface area contributed by atoms with Gasteiger partial charge in [-0.05, 0) is 35.9 Å². The van der Waals surface area contributed by atoms with Crippen LogP contribution in [0.2, 0.25) is 5.02 Å². The molecule has 0 heterocycles. The van der Waals surface area contributed by atoms with E-state index in [4.69, 9.17) is 27.2 Å². The molecule has 0 aliphatic rings. The molecule has 0 saturated carbocycles. The second-order valence-corrected chi connectivity index (χ2v) is 4.82. The molecule has 21 heavy (non-hydrogen) atoms. The van der Waals surface area contributed by atoms with Crippen LogP contribution in [0.15, 0.2) is 36.4 Å². The number of anilines is 3. The first-order valence-corrected chi connectivity index (χ1v) is 6.57. The lowest BCUT2D eigenvalue weighted by Crippen LogP contribution is -2.06. The highest BCUT2D eigenvalue weighted by Gasteiger charge is 2.13. The van der Waals surface area contributed by atoms with Gasteiger partial charge in [-0.1, -0.05) is 17.7 Å². The number of aliphatic hydroxyl groups is 1. The van der Waals surface area contributed by atoms with Gasteiger partial charge < -0.3 is 20.9 Å². The summed E-state index contributed by atoms with van der Waals surface area (Å²) >= 11 is 5.96. The van der Waals surface area contributed by atoms with Crippen molar-refractivity contribution in [3.05, 3.63) is 52.5 Å². The van der Waals surface area contributed by atoms with Crippen LogP contribution in [0, 0.1) is 0 Å². The normalized spacial score (nSPS) is 10.2. The number of rotatable bonds is 4. The lowest BCUT2D eigenvalue weighted by atomic mass is 10.1. The number of nitrogens with two attached hydrogens (primary N) is 1. The summed E-state index contributed by atoms with van der Waals surface area (Å²) in [6, 6.07) is 9.92. The highest BCUT2D eigenvalue weighted by Crippen LogP contribution is 2.29. The van der Waals surface area contributed by atoms with Crippen LogP contribution in [0.5, 0.6) is 0 Å². The van der Waals surface area contributed by atoms with Crippen LogP contribution in [0.4, 0.5) is 17.1 Å². The monoisotopic (exact) mass is 306 g/mol. The third-order valence-corrected chi connectivity index (χ3v) is 3.19. The molecule has 2 rings (SSSR count). The SMILES string of the molecule is COC(=O)c1ccc(Cl)cc1Nc1ccc(CO)cc1N. The van der Waals surface area contributed by atoms with Gasteiger partial charge in [0, 0.05) is 5.02 Å². The first kappa shape index (κ1) is 15.2. The summed E-state index contributed by atoms with van der Waals surface area (Å²) in [5.74, 6) is -0.472. The number of ether oxygens (including phenoxy) is 1. The average molecular weight is 307 g/mol. The number of carbonyl (C=O) groups is 1. The van der Waals surface area contributed by atoms with Crippen molar-refractivity contribution in [3.8, 4) is 0 Å². The van der Waals surface area contributed by atoms with E-state index in [0.717, 1.165) is 0 Å². The molecule has 0 bridgehead atoms. The predicted octanol–water partition coefficient (Wildman–Crippen LogP) is 2.94. The van der Waals surface area contributed by atoms with Gasteiger partial charge in [-0.2, -0.15) is 0 Å². The molecule has 0 saturated heterocycles. The van der Waals surface area contributed by atoms with Crippen molar-refractivity contribution in [2.45, 2.75) is 6.61 Å². The number of benzene rings is 2. The maximum atomic E-state index is 11.8. The van der Waals surface area contributed by atoms with Crippen molar-refractivity contribution in [1.82, 2.24) is 0 Å². The Morgan fingerprint density at radius 1 is 1.29 bits per heavy atom. The standard InChI is InChI=1S/C15H15ClN2O3/c1-21-15(20)11-4-3-10(16)7-14(11)18-13-5-2-9(8-19)6-12(13)17/h2-7,18-19H,8,17H2,1H3. The summed E-state index contributed by atoms with van der Waals surface area (Å²) in [4.78, 5) is 11.8. The maximum absolute atomic E-state index is 11.8. The Kier molecular flexibility index (Phi) is 4.67. The molecule has 0 spiro atoms. The van der Waals surface area contributed by atoms with Gasteiger partial charge in [-0.25, -0.2) is 4.79 Å². The molecule has 0 atom stereocenters. The molecule has 0 unspecified atom stereocenters. The van der Waals surface area contributed by atoms with E-state index in [2.05, 4.69) is 5.32 Å². The minimum atomic E-state index is -0.472. The van der Waals surface area contributed by atoms with Crippen LogP contribution in [0.25, 0.3) is 0 Å². The quantitative estimate of drug-likeness (QED) is 0.597. The van der Waals surface area contributed by atoms with Crippen LogP contribution < -0.4 is 11.1 Å². The lowest BCUT2D eigenvalue weighted by molar-refractivity contribution is 0.0602. The second-order valence-electron chi connectivity index (χ2n) is 4.39. The zero-order chi connectivity index (χ0) is 15.4. The van der Waals surface area contributed by atoms with Crippen LogP contribution in [-0.4, -0.2) is 18.2 Å². The fraction of sp³-hybridized carbons (Fsp3) is 0.133. The van der Waals surface area contributed by atoms with E-state index in [0.29, 0.717) is 33.2 Å². The Hall–Kier alpha value is -2.24. The van der Waals surface area contributed by atoms with Gasteiger partial charge in [-0.3, -0.25) is 0 Å². The van der Waals surface area contributed by atoms with E-state index in [1.54, 1.807) is 36.4 Å². The van der Waals surface area contributed by atoms with Gasteiger partial charge in [0.2, 0.25) is 0 Å². The minimum absolute atomic E-state index is 0.0882. The van der Waals surface area contributed by atoms with E-state index in [9.17, 15) is 4.79 Å². The van der Waals surface area contributed by atoms with Crippen LogP contribution in [0.1, 0.15) is 15.9 Å². The molecule has 4 N–H and O–H groups in total. The van der Waals surface area contributed by atoms with Crippen molar-refractivity contribution in [3.63, 3.8) is 0 Å². The number of nitrogens with one attached hydrogen (secondary N) is 1. The number of methoxy groups -OCH3 is 1. The molecular weight excluding hydrogens is 292 g/mol. The fourth-order valence-electron chi connectivity index (χ4n) is 1.88. The Morgan fingerprint density at radius 3 is 2.67 bits per heavy atom. The largest absolute Gasteiger partial charge is 0.465 e. The van der Waals surface area contributed by atoms with Crippen molar-refractivity contribution in [2.75, 3.05) is 18.2 Å². The summed E-state index contributed by atoms with van der Waals surface area (Å²) in [6.07, 6.45) is 0. The third-order valence-electron chi connectivity index (χ3n) is 2.95. The maximum Gasteiger partial charge on any atom is 0.339 e. The molecule has 6 heteroatoms. The third kappa shape index (κ3) is 3.45. The average Bonchev–Trinajstić information content (AvgIpc) is 2.48. The Morgan fingerprint density at radius 2 is 2.05 bits per heavy atom. The Balaban J connectivity index is 2.39. The molecule has 110 valence electrons. The fourth-order valence-corrected chi connectivity index (χ4v) is 2.05. The summed E-state index contributed by atoms with van der Waals surface area (Å²) in [5.41, 5.74) is 8.54. The number of aliphatic hydroxyl groups excluding tert-OH is 1. The molecule has 0 aliphatic carbocycles. The molecule has 5 nitrogen and oxygen atoms in total.